The van der Waals surface area contributed by atoms with E-state index in [-0.39, 0.29) is 0 Å². The lowest BCUT2D eigenvalue weighted by Gasteiger charge is -2.07. The minimum atomic E-state index is 0.790. The summed E-state index contributed by atoms with van der Waals surface area (Å²) in [5, 5.41) is 6.04. The second-order valence-electron chi connectivity index (χ2n) is 3.31. The van der Waals surface area contributed by atoms with E-state index < -0.39 is 0 Å². The standard InChI is InChI=1S/C12H12ClNS/c1-14-8-9-4-5-10(13)7-11(9)12-3-2-6-15-12/h2-7,14H,8H2,1H3. The highest BCUT2D eigenvalue weighted by molar-refractivity contribution is 7.13. The SMILES string of the molecule is CNCc1ccc(Cl)cc1-c1cccs1. The van der Waals surface area contributed by atoms with E-state index in [0.29, 0.717) is 0 Å². The molecule has 0 atom stereocenters. The van der Waals surface area contributed by atoms with Crippen molar-refractivity contribution in [3.8, 4) is 10.4 Å². The first-order chi connectivity index (χ1) is 7.31. The van der Waals surface area contributed by atoms with Crippen molar-refractivity contribution < 1.29 is 0 Å². The maximum atomic E-state index is 6.02. The van der Waals surface area contributed by atoms with Crippen LogP contribution in [0.1, 0.15) is 5.56 Å². The summed E-state index contributed by atoms with van der Waals surface area (Å²) in [6.07, 6.45) is 0. The largest absolute Gasteiger partial charge is 0.316 e. The quantitative estimate of drug-likeness (QED) is 0.857. The Bertz CT molecular complexity index is 437. The molecule has 0 bridgehead atoms. The van der Waals surface area contributed by atoms with Crippen molar-refractivity contribution in [2.75, 3.05) is 7.05 Å². The zero-order chi connectivity index (χ0) is 10.7. The van der Waals surface area contributed by atoms with Crippen LogP contribution in [0.2, 0.25) is 5.02 Å². The van der Waals surface area contributed by atoms with Crippen LogP contribution in [-0.2, 0) is 6.54 Å². The van der Waals surface area contributed by atoms with E-state index >= 15 is 0 Å². The van der Waals surface area contributed by atoms with Crippen LogP contribution in [0.25, 0.3) is 10.4 Å². The van der Waals surface area contributed by atoms with Crippen LogP contribution < -0.4 is 5.32 Å². The fraction of sp³-hybridized carbons (Fsp3) is 0.167. The molecule has 0 unspecified atom stereocenters. The third-order valence-electron chi connectivity index (χ3n) is 2.23. The molecule has 15 heavy (non-hydrogen) atoms. The van der Waals surface area contributed by atoms with Crippen LogP contribution in [0.5, 0.6) is 0 Å². The van der Waals surface area contributed by atoms with Crippen LogP contribution in [0.4, 0.5) is 0 Å². The van der Waals surface area contributed by atoms with Gasteiger partial charge in [0.2, 0.25) is 0 Å². The molecule has 0 amide bonds. The molecule has 0 aliphatic carbocycles. The molecule has 0 aliphatic rings. The molecule has 0 saturated carbocycles. The van der Waals surface area contributed by atoms with Crippen LogP contribution in [-0.4, -0.2) is 7.05 Å². The highest BCUT2D eigenvalue weighted by atomic mass is 35.5. The van der Waals surface area contributed by atoms with Gasteiger partial charge in [0.15, 0.2) is 0 Å². The lowest BCUT2D eigenvalue weighted by atomic mass is 10.1. The molecule has 0 saturated heterocycles. The average molecular weight is 238 g/mol. The maximum absolute atomic E-state index is 6.02. The first-order valence-electron chi connectivity index (χ1n) is 4.78. The fourth-order valence-corrected chi connectivity index (χ4v) is 2.50. The topological polar surface area (TPSA) is 12.0 Å². The van der Waals surface area contributed by atoms with E-state index in [0.717, 1.165) is 11.6 Å². The van der Waals surface area contributed by atoms with Crippen LogP contribution >= 0.6 is 22.9 Å². The van der Waals surface area contributed by atoms with E-state index in [9.17, 15) is 0 Å². The number of hydrogen-bond acceptors (Lipinski definition) is 2. The van der Waals surface area contributed by atoms with Gasteiger partial charge in [-0.1, -0.05) is 23.7 Å². The zero-order valence-electron chi connectivity index (χ0n) is 8.46. The van der Waals surface area contributed by atoms with Gasteiger partial charge in [-0.25, -0.2) is 0 Å². The van der Waals surface area contributed by atoms with E-state index in [1.807, 2.05) is 19.2 Å². The van der Waals surface area contributed by atoms with Gasteiger partial charge in [0.25, 0.3) is 0 Å². The lowest BCUT2D eigenvalue weighted by molar-refractivity contribution is 0.820. The molecule has 1 aromatic heterocycles. The highest BCUT2D eigenvalue weighted by Crippen LogP contribution is 2.30. The Balaban J connectivity index is 2.47. The van der Waals surface area contributed by atoms with Gasteiger partial charge in [-0.15, -0.1) is 11.3 Å². The summed E-state index contributed by atoms with van der Waals surface area (Å²) in [6.45, 7) is 0.865. The maximum Gasteiger partial charge on any atom is 0.0412 e. The molecule has 0 fully saturated rings. The van der Waals surface area contributed by atoms with Gasteiger partial charge in [0, 0.05) is 16.4 Å². The van der Waals surface area contributed by atoms with Crippen molar-refractivity contribution >= 4 is 22.9 Å². The van der Waals surface area contributed by atoms with E-state index in [2.05, 4.69) is 28.9 Å². The number of benzene rings is 1. The molecule has 1 nitrogen and oxygen atoms in total. The zero-order valence-corrected chi connectivity index (χ0v) is 10.0. The minimum absolute atomic E-state index is 0.790. The molecule has 78 valence electrons. The predicted molar refractivity (Wildman–Crippen MR) is 67.5 cm³/mol. The summed E-state index contributed by atoms with van der Waals surface area (Å²) in [7, 11) is 1.95. The van der Waals surface area contributed by atoms with Crippen molar-refractivity contribution in [1.29, 1.82) is 0 Å². The number of thiophene rings is 1. The van der Waals surface area contributed by atoms with Gasteiger partial charge in [0.05, 0.1) is 0 Å². The fourth-order valence-electron chi connectivity index (χ4n) is 1.55. The molecule has 3 heteroatoms. The second kappa shape index (κ2) is 4.79. The van der Waals surface area contributed by atoms with Crippen molar-refractivity contribution in [2.24, 2.45) is 0 Å². The van der Waals surface area contributed by atoms with Gasteiger partial charge in [0.1, 0.15) is 0 Å². The first kappa shape index (κ1) is 10.7. The Morgan fingerprint density at radius 1 is 1.33 bits per heavy atom. The molecule has 1 heterocycles. The van der Waals surface area contributed by atoms with Crippen molar-refractivity contribution in [2.45, 2.75) is 6.54 Å². The van der Waals surface area contributed by atoms with Crippen LogP contribution in [0.3, 0.4) is 0 Å². The Kier molecular flexibility index (Phi) is 3.41. The van der Waals surface area contributed by atoms with Gasteiger partial charge >= 0.3 is 0 Å². The molecular formula is C12H12ClNS. The highest BCUT2D eigenvalue weighted by Gasteiger charge is 2.05. The number of rotatable bonds is 3. The summed E-state index contributed by atoms with van der Waals surface area (Å²) < 4.78 is 0. The Labute approximate surface area is 98.7 Å². The van der Waals surface area contributed by atoms with Gasteiger partial charge in [-0.3, -0.25) is 0 Å². The molecule has 0 spiro atoms. The van der Waals surface area contributed by atoms with Crippen molar-refractivity contribution in [3.05, 3.63) is 46.3 Å². The molecule has 2 rings (SSSR count). The van der Waals surface area contributed by atoms with Crippen LogP contribution in [0, 0.1) is 0 Å². The third kappa shape index (κ3) is 2.40. The normalized spacial score (nSPS) is 10.5. The molecule has 0 radical (unpaired) electrons. The molecule has 1 aromatic carbocycles. The molecule has 2 aromatic rings. The molecule has 1 N–H and O–H groups in total. The van der Waals surface area contributed by atoms with Gasteiger partial charge < -0.3 is 5.32 Å². The summed E-state index contributed by atoms with van der Waals surface area (Å²) in [4.78, 5) is 1.27. The van der Waals surface area contributed by atoms with Gasteiger partial charge in [-0.05, 0) is 41.8 Å². The van der Waals surface area contributed by atoms with Crippen LogP contribution in [0.15, 0.2) is 35.7 Å². The summed E-state index contributed by atoms with van der Waals surface area (Å²) >= 11 is 7.76. The van der Waals surface area contributed by atoms with E-state index in [1.54, 1.807) is 11.3 Å². The summed E-state index contributed by atoms with van der Waals surface area (Å²) in [5.74, 6) is 0. The summed E-state index contributed by atoms with van der Waals surface area (Å²) in [5.41, 5.74) is 2.51. The number of nitrogens with one attached hydrogen (secondary N) is 1. The second-order valence-corrected chi connectivity index (χ2v) is 4.69. The van der Waals surface area contributed by atoms with E-state index in [4.69, 9.17) is 11.6 Å². The number of halogens is 1. The Morgan fingerprint density at radius 3 is 2.87 bits per heavy atom. The summed E-state index contributed by atoms with van der Waals surface area (Å²) in [6, 6.07) is 10.2. The minimum Gasteiger partial charge on any atom is -0.316 e. The van der Waals surface area contributed by atoms with Gasteiger partial charge in [-0.2, -0.15) is 0 Å². The average Bonchev–Trinajstić information content (AvgIpc) is 2.74. The van der Waals surface area contributed by atoms with E-state index in [1.165, 1.54) is 16.0 Å². The van der Waals surface area contributed by atoms with Crippen molar-refractivity contribution in [1.82, 2.24) is 5.32 Å². The Hall–Kier alpha value is -0.830. The third-order valence-corrected chi connectivity index (χ3v) is 3.36. The lowest BCUT2D eigenvalue weighted by Crippen LogP contribution is -2.05. The predicted octanol–water partition coefficient (Wildman–Crippen LogP) is 3.79. The molecule has 0 aliphatic heterocycles. The van der Waals surface area contributed by atoms with Crippen molar-refractivity contribution in [3.63, 3.8) is 0 Å². The smallest absolute Gasteiger partial charge is 0.0412 e. The monoisotopic (exact) mass is 237 g/mol. The molecular weight excluding hydrogens is 226 g/mol. The first-order valence-corrected chi connectivity index (χ1v) is 6.04. The number of hydrogen-bond donors (Lipinski definition) is 1. The Morgan fingerprint density at radius 2 is 2.20 bits per heavy atom.